The van der Waals surface area contributed by atoms with Gasteiger partial charge in [-0.05, 0) is 49.8 Å². The fourth-order valence-electron chi connectivity index (χ4n) is 3.09. The van der Waals surface area contributed by atoms with Gasteiger partial charge in [0, 0.05) is 16.2 Å². The molecule has 1 saturated carbocycles. The third-order valence-electron chi connectivity index (χ3n) is 4.34. The third kappa shape index (κ3) is 4.65. The molecule has 0 aromatic heterocycles. The van der Waals surface area contributed by atoms with E-state index < -0.39 is 0 Å². The van der Waals surface area contributed by atoms with Crippen LogP contribution in [-0.4, -0.2) is 24.9 Å². The summed E-state index contributed by atoms with van der Waals surface area (Å²) >= 11 is 1.99. The van der Waals surface area contributed by atoms with Crippen LogP contribution < -0.4 is 10.1 Å². The van der Waals surface area contributed by atoms with Gasteiger partial charge in [-0.25, -0.2) is 0 Å². The molecule has 2 rings (SSSR count). The second-order valence-corrected chi connectivity index (χ2v) is 8.06. The number of ether oxygens (including phenoxy) is 1. The predicted molar refractivity (Wildman–Crippen MR) is 92.4 cm³/mol. The Morgan fingerprint density at radius 2 is 2.10 bits per heavy atom. The average molecular weight is 308 g/mol. The topological polar surface area (TPSA) is 21.3 Å². The Hall–Kier alpha value is -0.670. The number of methoxy groups -OCH3 is 1. The van der Waals surface area contributed by atoms with Crippen LogP contribution >= 0.6 is 11.8 Å². The molecule has 118 valence electrons. The van der Waals surface area contributed by atoms with Crippen molar-refractivity contribution < 1.29 is 4.74 Å². The zero-order chi connectivity index (χ0) is 15.3. The van der Waals surface area contributed by atoms with Gasteiger partial charge >= 0.3 is 0 Å². The van der Waals surface area contributed by atoms with E-state index in [1.807, 2.05) is 17.8 Å². The standard InChI is InChI=1S/C18H29NOS/c1-5-12-19-14-10-11-18(2,3)13-17(14)21-16-9-7-6-8-15(16)20-4/h6-9,14,17,19H,5,10-13H2,1-4H3. The maximum atomic E-state index is 5.51. The molecule has 2 nitrogen and oxygen atoms in total. The highest BCUT2D eigenvalue weighted by Gasteiger charge is 2.35. The molecule has 0 radical (unpaired) electrons. The van der Waals surface area contributed by atoms with Gasteiger partial charge in [-0.1, -0.05) is 32.9 Å². The summed E-state index contributed by atoms with van der Waals surface area (Å²) in [4.78, 5) is 1.27. The lowest BCUT2D eigenvalue weighted by molar-refractivity contribution is 0.214. The van der Waals surface area contributed by atoms with E-state index in [0.29, 0.717) is 16.7 Å². The van der Waals surface area contributed by atoms with E-state index in [0.717, 1.165) is 12.3 Å². The monoisotopic (exact) mass is 307 g/mol. The summed E-state index contributed by atoms with van der Waals surface area (Å²) < 4.78 is 5.51. The highest BCUT2D eigenvalue weighted by Crippen LogP contribution is 2.44. The first-order chi connectivity index (χ1) is 10.1. The largest absolute Gasteiger partial charge is 0.496 e. The zero-order valence-corrected chi connectivity index (χ0v) is 14.6. The van der Waals surface area contributed by atoms with Crippen LogP contribution in [0.5, 0.6) is 5.75 Å². The van der Waals surface area contributed by atoms with Crippen LogP contribution in [0, 0.1) is 5.41 Å². The molecule has 2 unspecified atom stereocenters. The van der Waals surface area contributed by atoms with Gasteiger partial charge in [0.15, 0.2) is 0 Å². The van der Waals surface area contributed by atoms with E-state index in [1.54, 1.807) is 7.11 Å². The molecule has 0 spiro atoms. The van der Waals surface area contributed by atoms with Crippen molar-refractivity contribution >= 4 is 11.8 Å². The number of para-hydroxylation sites is 1. The average Bonchev–Trinajstić information content (AvgIpc) is 2.46. The Morgan fingerprint density at radius 1 is 1.33 bits per heavy atom. The van der Waals surface area contributed by atoms with E-state index >= 15 is 0 Å². The highest BCUT2D eigenvalue weighted by atomic mass is 32.2. The number of hydrogen-bond acceptors (Lipinski definition) is 3. The van der Waals surface area contributed by atoms with Crippen LogP contribution in [0.4, 0.5) is 0 Å². The Morgan fingerprint density at radius 3 is 2.81 bits per heavy atom. The van der Waals surface area contributed by atoms with Crippen molar-refractivity contribution in [2.75, 3.05) is 13.7 Å². The van der Waals surface area contributed by atoms with Crippen LogP contribution in [0.3, 0.4) is 0 Å². The van der Waals surface area contributed by atoms with Crippen molar-refractivity contribution in [1.82, 2.24) is 5.32 Å². The summed E-state index contributed by atoms with van der Waals surface area (Å²) in [6.07, 6.45) is 5.06. The number of thioether (sulfide) groups is 1. The second-order valence-electron chi connectivity index (χ2n) is 6.77. The summed E-state index contributed by atoms with van der Waals surface area (Å²) in [5.41, 5.74) is 0.448. The summed E-state index contributed by atoms with van der Waals surface area (Å²) in [5, 5.41) is 4.38. The molecular weight excluding hydrogens is 278 g/mol. The molecule has 2 atom stereocenters. The minimum Gasteiger partial charge on any atom is -0.496 e. The predicted octanol–water partition coefficient (Wildman–Crippen LogP) is 4.73. The molecule has 0 aliphatic heterocycles. The van der Waals surface area contributed by atoms with Crippen molar-refractivity contribution in [2.45, 2.75) is 62.6 Å². The van der Waals surface area contributed by atoms with Gasteiger partial charge in [0.25, 0.3) is 0 Å². The normalized spacial score (nSPS) is 24.8. The van der Waals surface area contributed by atoms with Gasteiger partial charge in [0.1, 0.15) is 5.75 Å². The Bertz CT molecular complexity index is 447. The highest BCUT2D eigenvalue weighted by molar-refractivity contribution is 8.00. The van der Waals surface area contributed by atoms with E-state index in [9.17, 15) is 0 Å². The number of benzene rings is 1. The Balaban J connectivity index is 2.11. The lowest BCUT2D eigenvalue weighted by atomic mass is 9.75. The maximum Gasteiger partial charge on any atom is 0.132 e. The van der Waals surface area contributed by atoms with Crippen molar-refractivity contribution in [3.63, 3.8) is 0 Å². The van der Waals surface area contributed by atoms with Gasteiger partial charge in [0.05, 0.1) is 7.11 Å². The van der Waals surface area contributed by atoms with Crippen LogP contribution in [0.15, 0.2) is 29.2 Å². The molecule has 1 aromatic carbocycles. The van der Waals surface area contributed by atoms with Crippen molar-refractivity contribution in [3.05, 3.63) is 24.3 Å². The SMILES string of the molecule is CCCNC1CCC(C)(C)CC1Sc1ccccc1OC. The summed E-state index contributed by atoms with van der Waals surface area (Å²) in [6.45, 7) is 8.16. The lowest BCUT2D eigenvalue weighted by Gasteiger charge is -2.41. The molecule has 1 aliphatic rings. The van der Waals surface area contributed by atoms with Crippen molar-refractivity contribution in [3.8, 4) is 5.75 Å². The van der Waals surface area contributed by atoms with Gasteiger partial charge in [-0.15, -0.1) is 11.8 Å². The quantitative estimate of drug-likeness (QED) is 0.820. The molecule has 1 fully saturated rings. The fraction of sp³-hybridized carbons (Fsp3) is 0.667. The smallest absolute Gasteiger partial charge is 0.132 e. The first-order valence-electron chi connectivity index (χ1n) is 8.09. The maximum absolute atomic E-state index is 5.51. The van der Waals surface area contributed by atoms with Crippen molar-refractivity contribution in [1.29, 1.82) is 0 Å². The van der Waals surface area contributed by atoms with Crippen LogP contribution in [0.25, 0.3) is 0 Å². The summed E-state index contributed by atoms with van der Waals surface area (Å²) in [6, 6.07) is 9.01. The van der Waals surface area contributed by atoms with E-state index in [2.05, 4.69) is 44.3 Å². The summed E-state index contributed by atoms with van der Waals surface area (Å²) in [5.74, 6) is 1.00. The Labute approximate surface area is 134 Å². The molecule has 1 aliphatic carbocycles. The van der Waals surface area contributed by atoms with E-state index in [1.165, 1.54) is 30.6 Å². The lowest BCUT2D eigenvalue weighted by Crippen LogP contribution is -2.45. The van der Waals surface area contributed by atoms with Gasteiger partial charge in [0.2, 0.25) is 0 Å². The van der Waals surface area contributed by atoms with Gasteiger partial charge < -0.3 is 10.1 Å². The number of nitrogens with one attached hydrogen (secondary N) is 1. The zero-order valence-electron chi connectivity index (χ0n) is 13.8. The van der Waals surface area contributed by atoms with Crippen LogP contribution in [0.2, 0.25) is 0 Å². The third-order valence-corrected chi connectivity index (χ3v) is 5.73. The van der Waals surface area contributed by atoms with Crippen LogP contribution in [0.1, 0.15) is 46.5 Å². The summed E-state index contributed by atoms with van der Waals surface area (Å²) in [7, 11) is 1.76. The fourth-order valence-corrected chi connectivity index (χ4v) is 4.77. The van der Waals surface area contributed by atoms with E-state index in [-0.39, 0.29) is 0 Å². The second kappa shape index (κ2) is 7.55. The van der Waals surface area contributed by atoms with Gasteiger partial charge in [-0.3, -0.25) is 0 Å². The van der Waals surface area contributed by atoms with E-state index in [4.69, 9.17) is 4.74 Å². The first kappa shape index (κ1) is 16.7. The molecule has 0 heterocycles. The number of rotatable bonds is 6. The van der Waals surface area contributed by atoms with Crippen molar-refractivity contribution in [2.24, 2.45) is 5.41 Å². The molecule has 21 heavy (non-hydrogen) atoms. The first-order valence-corrected chi connectivity index (χ1v) is 8.97. The minimum atomic E-state index is 0.448. The molecule has 1 aromatic rings. The molecule has 0 bridgehead atoms. The Kier molecular flexibility index (Phi) is 6.00. The molecule has 1 N–H and O–H groups in total. The minimum absolute atomic E-state index is 0.448. The molecule has 0 saturated heterocycles. The van der Waals surface area contributed by atoms with Gasteiger partial charge in [-0.2, -0.15) is 0 Å². The molecule has 3 heteroatoms. The van der Waals surface area contributed by atoms with Crippen LogP contribution in [-0.2, 0) is 0 Å². The number of hydrogen-bond donors (Lipinski definition) is 1. The molecule has 0 amide bonds. The molecular formula is C18H29NOS.